The van der Waals surface area contributed by atoms with E-state index in [2.05, 4.69) is 10.6 Å². The van der Waals surface area contributed by atoms with Gasteiger partial charge in [0.1, 0.15) is 17.7 Å². The molecule has 0 aromatic heterocycles. The van der Waals surface area contributed by atoms with Crippen LogP contribution in [0, 0.1) is 5.82 Å². The first-order chi connectivity index (χ1) is 9.22. The molecule has 3 rings (SSSR count). The van der Waals surface area contributed by atoms with E-state index in [1.54, 1.807) is 6.07 Å². The fourth-order valence-corrected chi connectivity index (χ4v) is 2.64. The summed E-state index contributed by atoms with van der Waals surface area (Å²) in [4.78, 5) is 11.6. The van der Waals surface area contributed by atoms with Crippen molar-refractivity contribution in [2.75, 3.05) is 13.1 Å². The molecule has 4 nitrogen and oxygen atoms in total. The number of hydrogen-bond acceptors (Lipinski definition) is 3. The normalized spacial score (nSPS) is 25.6. The molecule has 0 saturated carbocycles. The number of rotatable bonds is 3. The molecule has 2 aliphatic rings. The standard InChI is InChI=1S/C14H17FN2O2/c15-10-3-4-13-9(6-10)7-11(19-13)8-17-12-2-1-5-16-14(12)18/h3-4,6,11-12,17H,1-2,5,7-8H2,(H,16,18). The Balaban J connectivity index is 1.54. The molecule has 2 atom stereocenters. The summed E-state index contributed by atoms with van der Waals surface area (Å²) in [5.74, 6) is 0.580. The molecule has 2 N–H and O–H groups in total. The lowest BCUT2D eigenvalue weighted by Gasteiger charge is -2.24. The highest BCUT2D eigenvalue weighted by atomic mass is 19.1. The maximum atomic E-state index is 13.1. The minimum atomic E-state index is -0.234. The number of halogens is 1. The summed E-state index contributed by atoms with van der Waals surface area (Å²) in [6, 6.07) is 4.46. The van der Waals surface area contributed by atoms with Crippen LogP contribution in [0.15, 0.2) is 18.2 Å². The molecular formula is C14H17FN2O2. The van der Waals surface area contributed by atoms with Gasteiger partial charge in [-0.1, -0.05) is 0 Å². The second-order valence-corrected chi connectivity index (χ2v) is 5.09. The third-order valence-electron chi connectivity index (χ3n) is 3.64. The average molecular weight is 264 g/mol. The van der Waals surface area contributed by atoms with Gasteiger partial charge in [-0.2, -0.15) is 0 Å². The Kier molecular flexibility index (Phi) is 3.38. The first kappa shape index (κ1) is 12.4. The summed E-state index contributed by atoms with van der Waals surface area (Å²) < 4.78 is 18.8. The number of nitrogens with one attached hydrogen (secondary N) is 2. The minimum Gasteiger partial charge on any atom is -0.488 e. The zero-order chi connectivity index (χ0) is 13.2. The number of fused-ring (bicyclic) bond motifs is 1. The van der Waals surface area contributed by atoms with Crippen molar-refractivity contribution < 1.29 is 13.9 Å². The number of amides is 1. The zero-order valence-electron chi connectivity index (χ0n) is 10.6. The maximum Gasteiger partial charge on any atom is 0.237 e. The molecule has 19 heavy (non-hydrogen) atoms. The molecule has 0 aliphatic carbocycles. The second-order valence-electron chi connectivity index (χ2n) is 5.09. The van der Waals surface area contributed by atoms with Crippen molar-refractivity contribution in [3.63, 3.8) is 0 Å². The summed E-state index contributed by atoms with van der Waals surface area (Å²) in [6.07, 6.45) is 2.53. The number of carbonyl (C=O) groups excluding carboxylic acids is 1. The highest BCUT2D eigenvalue weighted by molar-refractivity contribution is 5.82. The molecular weight excluding hydrogens is 247 g/mol. The summed E-state index contributed by atoms with van der Waals surface area (Å²) in [6.45, 7) is 1.37. The van der Waals surface area contributed by atoms with E-state index in [0.29, 0.717) is 13.0 Å². The lowest BCUT2D eigenvalue weighted by molar-refractivity contribution is -0.124. The van der Waals surface area contributed by atoms with Gasteiger partial charge in [-0.15, -0.1) is 0 Å². The van der Waals surface area contributed by atoms with E-state index in [4.69, 9.17) is 4.74 Å². The minimum absolute atomic E-state index is 0.0217. The molecule has 1 fully saturated rings. The summed E-state index contributed by atoms with van der Waals surface area (Å²) in [5.41, 5.74) is 0.903. The predicted octanol–water partition coefficient (Wildman–Crippen LogP) is 0.997. The fraction of sp³-hybridized carbons (Fsp3) is 0.500. The molecule has 2 heterocycles. The van der Waals surface area contributed by atoms with Crippen LogP contribution in [0.1, 0.15) is 18.4 Å². The molecule has 1 aromatic carbocycles. The molecule has 1 amide bonds. The van der Waals surface area contributed by atoms with Crippen molar-refractivity contribution in [3.05, 3.63) is 29.6 Å². The van der Waals surface area contributed by atoms with Crippen molar-refractivity contribution in [2.24, 2.45) is 0 Å². The molecule has 2 aliphatic heterocycles. The molecule has 1 saturated heterocycles. The zero-order valence-corrected chi connectivity index (χ0v) is 10.6. The van der Waals surface area contributed by atoms with E-state index >= 15 is 0 Å². The SMILES string of the molecule is O=C1NCCCC1NCC1Cc2cc(F)ccc2O1. The molecule has 0 spiro atoms. The van der Waals surface area contributed by atoms with Crippen molar-refractivity contribution in [2.45, 2.75) is 31.4 Å². The Bertz CT molecular complexity index is 492. The largest absolute Gasteiger partial charge is 0.488 e. The van der Waals surface area contributed by atoms with Crippen molar-refractivity contribution in [1.29, 1.82) is 0 Å². The van der Waals surface area contributed by atoms with E-state index in [-0.39, 0.29) is 23.9 Å². The lowest BCUT2D eigenvalue weighted by atomic mass is 10.1. The number of hydrogen-bond donors (Lipinski definition) is 2. The van der Waals surface area contributed by atoms with E-state index in [1.807, 2.05) is 0 Å². The van der Waals surface area contributed by atoms with Crippen LogP contribution in [0.3, 0.4) is 0 Å². The summed E-state index contributed by atoms with van der Waals surface area (Å²) in [5, 5.41) is 6.07. The second kappa shape index (κ2) is 5.17. The quantitative estimate of drug-likeness (QED) is 0.856. The Hall–Kier alpha value is -1.62. The van der Waals surface area contributed by atoms with E-state index in [1.165, 1.54) is 12.1 Å². The van der Waals surface area contributed by atoms with Gasteiger partial charge in [0.05, 0.1) is 6.04 Å². The number of piperidine rings is 1. The molecule has 5 heteroatoms. The monoisotopic (exact) mass is 264 g/mol. The molecule has 0 bridgehead atoms. The van der Waals surface area contributed by atoms with Crippen LogP contribution in [0.5, 0.6) is 5.75 Å². The third kappa shape index (κ3) is 2.71. The Labute approximate surface area is 111 Å². The number of carbonyl (C=O) groups is 1. The van der Waals surface area contributed by atoms with Gasteiger partial charge in [0.25, 0.3) is 0 Å². The van der Waals surface area contributed by atoms with E-state index in [9.17, 15) is 9.18 Å². The number of benzene rings is 1. The van der Waals surface area contributed by atoms with Crippen molar-refractivity contribution in [3.8, 4) is 5.75 Å². The smallest absolute Gasteiger partial charge is 0.237 e. The lowest BCUT2D eigenvalue weighted by Crippen LogP contribution is -2.50. The van der Waals surface area contributed by atoms with Gasteiger partial charge in [0, 0.05) is 25.1 Å². The van der Waals surface area contributed by atoms with Crippen LogP contribution in [-0.2, 0) is 11.2 Å². The van der Waals surface area contributed by atoms with Gasteiger partial charge < -0.3 is 15.4 Å². The van der Waals surface area contributed by atoms with E-state index in [0.717, 1.165) is 30.7 Å². The van der Waals surface area contributed by atoms with Gasteiger partial charge in [-0.3, -0.25) is 4.79 Å². The van der Waals surface area contributed by atoms with Gasteiger partial charge in [-0.05, 0) is 31.0 Å². The van der Waals surface area contributed by atoms with Crippen LogP contribution >= 0.6 is 0 Å². The van der Waals surface area contributed by atoms with Crippen LogP contribution in [0.25, 0.3) is 0 Å². The van der Waals surface area contributed by atoms with Crippen LogP contribution in [-0.4, -0.2) is 31.1 Å². The van der Waals surface area contributed by atoms with Gasteiger partial charge in [0.15, 0.2) is 0 Å². The van der Waals surface area contributed by atoms with Crippen LogP contribution in [0.2, 0.25) is 0 Å². The predicted molar refractivity (Wildman–Crippen MR) is 68.6 cm³/mol. The third-order valence-corrected chi connectivity index (χ3v) is 3.64. The molecule has 0 radical (unpaired) electrons. The topological polar surface area (TPSA) is 50.4 Å². The molecule has 1 aromatic rings. The van der Waals surface area contributed by atoms with Crippen LogP contribution < -0.4 is 15.4 Å². The first-order valence-corrected chi connectivity index (χ1v) is 6.68. The first-order valence-electron chi connectivity index (χ1n) is 6.68. The number of ether oxygens (including phenoxy) is 1. The van der Waals surface area contributed by atoms with Crippen LogP contribution in [0.4, 0.5) is 4.39 Å². The highest BCUT2D eigenvalue weighted by Crippen LogP contribution is 2.29. The Morgan fingerprint density at radius 3 is 3.21 bits per heavy atom. The van der Waals surface area contributed by atoms with Gasteiger partial charge in [-0.25, -0.2) is 4.39 Å². The summed E-state index contributed by atoms with van der Waals surface area (Å²) >= 11 is 0. The molecule has 2 unspecified atom stereocenters. The average Bonchev–Trinajstić information content (AvgIpc) is 2.79. The van der Waals surface area contributed by atoms with Crippen molar-refractivity contribution in [1.82, 2.24) is 10.6 Å². The maximum absolute atomic E-state index is 13.1. The summed E-state index contributed by atoms with van der Waals surface area (Å²) in [7, 11) is 0. The van der Waals surface area contributed by atoms with Crippen molar-refractivity contribution >= 4 is 5.91 Å². The Morgan fingerprint density at radius 1 is 1.47 bits per heavy atom. The molecule has 102 valence electrons. The fourth-order valence-electron chi connectivity index (χ4n) is 2.64. The highest BCUT2D eigenvalue weighted by Gasteiger charge is 2.26. The van der Waals surface area contributed by atoms with Gasteiger partial charge >= 0.3 is 0 Å². The van der Waals surface area contributed by atoms with E-state index < -0.39 is 0 Å². The van der Waals surface area contributed by atoms with Gasteiger partial charge in [0.2, 0.25) is 5.91 Å². The Morgan fingerprint density at radius 2 is 2.37 bits per heavy atom.